The Balaban J connectivity index is 1.78. The highest BCUT2D eigenvalue weighted by Crippen LogP contribution is 2.30. The first-order valence-corrected chi connectivity index (χ1v) is 11.3. The van der Waals surface area contributed by atoms with Crippen LogP contribution in [0.3, 0.4) is 0 Å². The van der Waals surface area contributed by atoms with E-state index < -0.39 is 0 Å². The quantitative estimate of drug-likeness (QED) is 0.407. The van der Waals surface area contributed by atoms with Crippen LogP contribution < -0.4 is 24.3 Å². The van der Waals surface area contributed by atoms with Gasteiger partial charge >= 0.3 is 0 Å². The second-order valence-electron chi connectivity index (χ2n) is 8.84. The van der Waals surface area contributed by atoms with Crippen LogP contribution in [-0.4, -0.2) is 26.7 Å². The molecule has 0 spiro atoms. The number of carbonyl (C=O) groups excluding carboxylic acids is 1. The molecule has 0 aliphatic carbocycles. The molecule has 3 aromatic rings. The second-order valence-corrected chi connectivity index (χ2v) is 8.84. The summed E-state index contributed by atoms with van der Waals surface area (Å²) in [5.41, 5.74) is 3.15. The highest BCUT2D eigenvalue weighted by atomic mass is 16.5. The van der Waals surface area contributed by atoms with Gasteiger partial charge in [0.25, 0.3) is 5.91 Å². The molecule has 34 heavy (non-hydrogen) atoms. The molecule has 0 heterocycles. The number of carbonyl (C=O) groups is 1. The van der Waals surface area contributed by atoms with Crippen LogP contribution in [-0.2, 0) is 12.0 Å². The first-order chi connectivity index (χ1) is 16.2. The molecule has 0 fully saturated rings. The van der Waals surface area contributed by atoms with E-state index in [0.717, 1.165) is 11.3 Å². The first kappa shape index (κ1) is 25.0. The van der Waals surface area contributed by atoms with Gasteiger partial charge in [0.15, 0.2) is 0 Å². The van der Waals surface area contributed by atoms with E-state index in [1.165, 1.54) is 5.56 Å². The minimum atomic E-state index is -0.262. The molecule has 0 aliphatic rings. The van der Waals surface area contributed by atoms with E-state index in [9.17, 15) is 4.79 Å². The van der Waals surface area contributed by atoms with Crippen LogP contribution in [0.2, 0.25) is 0 Å². The van der Waals surface area contributed by atoms with Crippen LogP contribution in [0.15, 0.2) is 60.7 Å². The van der Waals surface area contributed by atoms with Gasteiger partial charge in [0.1, 0.15) is 29.6 Å². The molecule has 3 rings (SSSR count). The number of hydrogen-bond donors (Lipinski definition) is 1. The summed E-state index contributed by atoms with van der Waals surface area (Å²) in [6.07, 6.45) is 0. The molecular formula is C28H33NO5. The van der Waals surface area contributed by atoms with Crippen molar-refractivity contribution in [3.8, 4) is 23.0 Å². The zero-order chi connectivity index (χ0) is 24.7. The monoisotopic (exact) mass is 463 g/mol. The number of nitrogens with one attached hydrogen (secondary N) is 1. The molecule has 6 nitrogen and oxygen atoms in total. The van der Waals surface area contributed by atoms with E-state index in [-0.39, 0.29) is 17.9 Å². The molecule has 0 aliphatic heterocycles. The average Bonchev–Trinajstić information content (AvgIpc) is 2.83. The molecular weight excluding hydrogens is 430 g/mol. The number of benzene rings is 3. The molecule has 0 saturated carbocycles. The molecule has 0 unspecified atom stereocenters. The maximum atomic E-state index is 13.0. The maximum Gasteiger partial charge on any atom is 0.255 e. The van der Waals surface area contributed by atoms with Crippen molar-refractivity contribution in [1.29, 1.82) is 0 Å². The standard InChI is InChI=1S/C28H33NO5/c1-7-33-25-15-8-19(27(30)29-24-14-13-23(31-5)17-26(24)32-6)16-20(25)18-34-22-11-9-21(10-12-22)28(2,3)4/h8-17H,7,18H2,1-6H3,(H,29,30). The molecule has 0 aromatic heterocycles. The van der Waals surface area contributed by atoms with Gasteiger partial charge in [-0.2, -0.15) is 0 Å². The van der Waals surface area contributed by atoms with Crippen molar-refractivity contribution in [2.24, 2.45) is 0 Å². The van der Waals surface area contributed by atoms with Crippen LogP contribution in [0.4, 0.5) is 5.69 Å². The van der Waals surface area contributed by atoms with Crippen LogP contribution in [0.5, 0.6) is 23.0 Å². The molecule has 1 N–H and O–H groups in total. The van der Waals surface area contributed by atoms with Gasteiger partial charge in [-0.1, -0.05) is 32.9 Å². The van der Waals surface area contributed by atoms with E-state index in [4.69, 9.17) is 18.9 Å². The zero-order valence-corrected chi connectivity index (χ0v) is 20.7. The summed E-state index contributed by atoms with van der Waals surface area (Å²) < 4.78 is 22.4. The Labute approximate surface area is 201 Å². The molecule has 0 atom stereocenters. The summed E-state index contributed by atoms with van der Waals surface area (Å²) >= 11 is 0. The lowest BCUT2D eigenvalue weighted by molar-refractivity contribution is 0.102. The third-order valence-corrected chi connectivity index (χ3v) is 5.39. The molecule has 0 bridgehead atoms. The Morgan fingerprint density at radius 2 is 1.53 bits per heavy atom. The highest BCUT2D eigenvalue weighted by Gasteiger charge is 2.15. The van der Waals surface area contributed by atoms with E-state index in [2.05, 4.69) is 38.2 Å². The lowest BCUT2D eigenvalue weighted by Crippen LogP contribution is -2.14. The topological polar surface area (TPSA) is 66.0 Å². The molecule has 0 radical (unpaired) electrons. The smallest absolute Gasteiger partial charge is 0.255 e. The summed E-state index contributed by atoms with van der Waals surface area (Å²) in [4.78, 5) is 13.0. The van der Waals surface area contributed by atoms with Gasteiger partial charge in [0, 0.05) is 17.2 Å². The molecule has 0 saturated heterocycles. The summed E-state index contributed by atoms with van der Waals surface area (Å²) in [7, 11) is 3.13. The van der Waals surface area contributed by atoms with Crippen LogP contribution >= 0.6 is 0 Å². The number of methoxy groups -OCH3 is 2. The minimum Gasteiger partial charge on any atom is -0.497 e. The lowest BCUT2D eigenvalue weighted by Gasteiger charge is -2.19. The summed E-state index contributed by atoms with van der Waals surface area (Å²) in [5, 5.41) is 2.90. The third kappa shape index (κ3) is 6.22. The number of rotatable bonds is 9. The van der Waals surface area contributed by atoms with Crippen molar-refractivity contribution < 1.29 is 23.7 Å². The summed E-state index contributed by atoms with van der Waals surface area (Å²) in [6, 6.07) is 18.6. The normalized spacial score (nSPS) is 11.0. The SMILES string of the molecule is CCOc1ccc(C(=O)Nc2ccc(OC)cc2OC)cc1COc1ccc(C(C)(C)C)cc1. The molecule has 6 heteroatoms. The number of anilines is 1. The van der Waals surface area contributed by atoms with Crippen molar-refractivity contribution in [2.75, 3.05) is 26.1 Å². The van der Waals surface area contributed by atoms with Crippen molar-refractivity contribution >= 4 is 11.6 Å². The lowest BCUT2D eigenvalue weighted by atomic mass is 9.87. The Bertz CT molecular complexity index is 1120. The zero-order valence-electron chi connectivity index (χ0n) is 20.7. The van der Waals surface area contributed by atoms with Crippen LogP contribution in [0, 0.1) is 0 Å². The van der Waals surface area contributed by atoms with Gasteiger partial charge in [-0.15, -0.1) is 0 Å². The largest absolute Gasteiger partial charge is 0.497 e. The van der Waals surface area contributed by atoms with Crippen molar-refractivity contribution in [3.63, 3.8) is 0 Å². The van der Waals surface area contributed by atoms with Gasteiger partial charge in [0.05, 0.1) is 26.5 Å². The van der Waals surface area contributed by atoms with E-state index in [1.54, 1.807) is 50.6 Å². The number of amides is 1. The van der Waals surface area contributed by atoms with Crippen molar-refractivity contribution in [1.82, 2.24) is 0 Å². The van der Waals surface area contributed by atoms with E-state index in [1.807, 2.05) is 19.1 Å². The Hall–Kier alpha value is -3.67. The van der Waals surface area contributed by atoms with Gasteiger partial charge in [-0.05, 0) is 60.4 Å². The fraction of sp³-hybridized carbons (Fsp3) is 0.321. The van der Waals surface area contributed by atoms with Crippen LogP contribution in [0.25, 0.3) is 0 Å². The fourth-order valence-corrected chi connectivity index (χ4v) is 3.44. The second kappa shape index (κ2) is 11.0. The van der Waals surface area contributed by atoms with Crippen LogP contribution in [0.1, 0.15) is 49.2 Å². The average molecular weight is 464 g/mol. The Morgan fingerprint density at radius 1 is 0.824 bits per heavy atom. The predicted octanol–water partition coefficient (Wildman–Crippen LogP) is 6.23. The van der Waals surface area contributed by atoms with Gasteiger partial charge in [-0.3, -0.25) is 4.79 Å². The third-order valence-electron chi connectivity index (χ3n) is 5.39. The van der Waals surface area contributed by atoms with Gasteiger partial charge < -0.3 is 24.3 Å². The Morgan fingerprint density at radius 3 is 2.15 bits per heavy atom. The van der Waals surface area contributed by atoms with Gasteiger partial charge in [0.2, 0.25) is 0 Å². The van der Waals surface area contributed by atoms with E-state index in [0.29, 0.717) is 35.1 Å². The molecule has 180 valence electrons. The predicted molar refractivity (Wildman–Crippen MR) is 135 cm³/mol. The maximum absolute atomic E-state index is 13.0. The highest BCUT2D eigenvalue weighted by molar-refractivity contribution is 6.05. The fourth-order valence-electron chi connectivity index (χ4n) is 3.44. The van der Waals surface area contributed by atoms with Gasteiger partial charge in [-0.25, -0.2) is 0 Å². The Kier molecular flexibility index (Phi) is 8.05. The number of hydrogen-bond acceptors (Lipinski definition) is 5. The van der Waals surface area contributed by atoms with Crippen molar-refractivity contribution in [3.05, 3.63) is 77.4 Å². The molecule has 3 aromatic carbocycles. The van der Waals surface area contributed by atoms with Crippen molar-refractivity contribution in [2.45, 2.75) is 39.7 Å². The molecule has 1 amide bonds. The summed E-state index contributed by atoms with van der Waals surface area (Å²) in [6.45, 7) is 9.24. The number of ether oxygens (including phenoxy) is 4. The van der Waals surface area contributed by atoms with E-state index >= 15 is 0 Å². The first-order valence-electron chi connectivity index (χ1n) is 11.3. The summed E-state index contributed by atoms with van der Waals surface area (Å²) in [5.74, 6) is 2.34. The minimum absolute atomic E-state index is 0.0783.